The minimum Gasteiger partial charge on any atom is -0.466 e. The maximum atomic E-state index is 12.0. The average molecular weight is 495 g/mol. The van der Waals surface area contributed by atoms with E-state index in [0.29, 0.717) is 18.4 Å². The third-order valence-electron chi connectivity index (χ3n) is 5.77. The topological polar surface area (TPSA) is 57.0 Å². The molecule has 0 N–H and O–H groups in total. The fourth-order valence-corrected chi connectivity index (χ4v) is 5.51. The second kappa shape index (κ2) is 8.93. The van der Waals surface area contributed by atoms with Gasteiger partial charge in [0, 0.05) is 22.9 Å². The minimum atomic E-state index is -0.0369. The lowest BCUT2D eigenvalue weighted by Crippen LogP contribution is -2.23. The second-order valence-electron chi connectivity index (χ2n) is 8.00. The van der Waals surface area contributed by atoms with E-state index in [1.54, 1.807) is 0 Å². The minimum absolute atomic E-state index is 0.0369. The van der Waals surface area contributed by atoms with Crippen LogP contribution in [0.5, 0.6) is 0 Å². The highest BCUT2D eigenvalue weighted by Gasteiger charge is 2.29. The number of halogens is 1. The van der Waals surface area contributed by atoms with Gasteiger partial charge in [-0.05, 0) is 87.1 Å². The first-order valence-electron chi connectivity index (χ1n) is 10.2. The van der Waals surface area contributed by atoms with Crippen LogP contribution in [0.25, 0.3) is 5.69 Å². The first-order valence-corrected chi connectivity index (χ1v) is 11.3. The molecule has 0 aliphatic heterocycles. The molecule has 1 aliphatic rings. The summed E-state index contributed by atoms with van der Waals surface area (Å²) in [7, 11) is 0. The van der Waals surface area contributed by atoms with Gasteiger partial charge in [-0.1, -0.05) is 13.8 Å². The third-order valence-corrected chi connectivity index (χ3v) is 6.56. The first kappa shape index (κ1) is 21.3. The Morgan fingerprint density at radius 3 is 2.46 bits per heavy atom. The Balaban J connectivity index is 1.77. The number of aryl methyl sites for hydroxylation is 1. The van der Waals surface area contributed by atoms with Crippen molar-refractivity contribution in [1.29, 1.82) is 0 Å². The van der Waals surface area contributed by atoms with Gasteiger partial charge >= 0.3 is 5.97 Å². The lowest BCUT2D eigenvalue weighted by Gasteiger charge is -2.27. The number of rotatable bonds is 5. The molecule has 0 unspecified atom stereocenters. The van der Waals surface area contributed by atoms with E-state index in [1.807, 2.05) is 11.6 Å². The zero-order valence-electron chi connectivity index (χ0n) is 17.5. The normalized spacial score (nSPS) is 19.8. The Kier molecular flexibility index (Phi) is 6.78. The predicted molar refractivity (Wildman–Crippen MR) is 119 cm³/mol. The number of hydrogen-bond acceptors (Lipinski definition) is 4. The quantitative estimate of drug-likeness (QED) is 0.409. The van der Waals surface area contributed by atoms with Gasteiger partial charge in [-0.3, -0.25) is 9.78 Å². The van der Waals surface area contributed by atoms with Gasteiger partial charge in [0.1, 0.15) is 3.70 Å². The zero-order chi connectivity index (χ0) is 20.4. The Morgan fingerprint density at radius 1 is 1.25 bits per heavy atom. The van der Waals surface area contributed by atoms with E-state index in [-0.39, 0.29) is 11.9 Å². The summed E-state index contributed by atoms with van der Waals surface area (Å²) >= 11 is 2.33. The highest BCUT2D eigenvalue weighted by atomic mass is 127. The van der Waals surface area contributed by atoms with Crippen molar-refractivity contribution in [2.45, 2.75) is 72.1 Å². The van der Waals surface area contributed by atoms with Gasteiger partial charge in [-0.2, -0.15) is 5.10 Å². The van der Waals surface area contributed by atoms with Crippen LogP contribution >= 0.6 is 22.6 Å². The zero-order valence-corrected chi connectivity index (χ0v) is 19.6. The van der Waals surface area contributed by atoms with Crippen LogP contribution in [-0.4, -0.2) is 27.3 Å². The van der Waals surface area contributed by atoms with E-state index < -0.39 is 0 Å². The largest absolute Gasteiger partial charge is 0.466 e. The molecule has 0 atom stereocenters. The molecule has 152 valence electrons. The van der Waals surface area contributed by atoms with E-state index in [2.05, 4.69) is 62.4 Å². The average Bonchev–Trinajstić information content (AvgIpc) is 2.96. The lowest BCUT2D eigenvalue weighted by molar-refractivity contribution is -0.149. The molecule has 1 aliphatic carbocycles. The van der Waals surface area contributed by atoms with Gasteiger partial charge in [-0.25, -0.2) is 4.68 Å². The van der Waals surface area contributed by atoms with Crippen LogP contribution in [0.4, 0.5) is 0 Å². The summed E-state index contributed by atoms with van der Waals surface area (Å²) in [6.45, 7) is 10.9. The van der Waals surface area contributed by atoms with Crippen LogP contribution < -0.4 is 0 Å². The van der Waals surface area contributed by atoms with Crippen LogP contribution in [0.3, 0.4) is 0 Å². The molecule has 6 heteroatoms. The molecule has 0 bridgehead atoms. The fraction of sp³-hybridized carbons (Fsp3) is 0.591. The molecule has 2 aromatic rings. The molecule has 2 heterocycles. The number of nitrogens with zero attached hydrogens (tertiary/aromatic N) is 3. The standard InChI is InChI=1S/C22H30IN3O2/c1-6-28-22(27)17-9-7-16(8-10-17)18-11-12-19(14(4)24-18)26-15(5)20(13(2)3)21(23)25-26/h11-13,16-17H,6-10H2,1-5H3. The van der Waals surface area contributed by atoms with Crippen molar-refractivity contribution in [3.63, 3.8) is 0 Å². The summed E-state index contributed by atoms with van der Waals surface area (Å²) in [5, 5.41) is 4.76. The van der Waals surface area contributed by atoms with Gasteiger partial charge in [0.2, 0.25) is 0 Å². The summed E-state index contributed by atoms with van der Waals surface area (Å²) in [6, 6.07) is 4.29. The van der Waals surface area contributed by atoms with Crippen LogP contribution in [0.2, 0.25) is 0 Å². The molecule has 2 aromatic heterocycles. The van der Waals surface area contributed by atoms with Crippen molar-refractivity contribution < 1.29 is 9.53 Å². The SMILES string of the molecule is CCOC(=O)C1CCC(c2ccc(-n3nc(I)c(C(C)C)c3C)c(C)n2)CC1. The molecular formula is C22H30IN3O2. The number of hydrogen-bond donors (Lipinski definition) is 0. The summed E-state index contributed by atoms with van der Waals surface area (Å²) in [5.41, 5.74) is 5.68. The van der Waals surface area contributed by atoms with Gasteiger partial charge < -0.3 is 4.74 Å². The molecule has 28 heavy (non-hydrogen) atoms. The van der Waals surface area contributed by atoms with Crippen molar-refractivity contribution in [1.82, 2.24) is 14.8 Å². The second-order valence-corrected chi connectivity index (χ2v) is 9.02. The highest BCUT2D eigenvalue weighted by Crippen LogP contribution is 2.36. The van der Waals surface area contributed by atoms with Crippen molar-refractivity contribution in [3.05, 3.63) is 38.5 Å². The van der Waals surface area contributed by atoms with Crippen LogP contribution in [0, 0.1) is 23.5 Å². The Labute approximate surface area is 181 Å². The van der Waals surface area contributed by atoms with Gasteiger partial charge in [0.25, 0.3) is 0 Å². The molecule has 1 fully saturated rings. The highest BCUT2D eigenvalue weighted by molar-refractivity contribution is 14.1. The molecule has 5 nitrogen and oxygen atoms in total. The van der Waals surface area contributed by atoms with Gasteiger partial charge in [0.15, 0.2) is 0 Å². The number of carbonyl (C=O) groups is 1. The maximum absolute atomic E-state index is 12.0. The molecule has 0 saturated heterocycles. The fourth-order valence-electron chi connectivity index (χ4n) is 4.28. The van der Waals surface area contributed by atoms with Gasteiger partial charge in [-0.15, -0.1) is 0 Å². The third kappa shape index (κ3) is 4.26. The number of carbonyl (C=O) groups excluding carboxylic acids is 1. The van der Waals surface area contributed by atoms with E-state index in [4.69, 9.17) is 14.8 Å². The van der Waals surface area contributed by atoms with Crippen molar-refractivity contribution in [2.75, 3.05) is 6.61 Å². The van der Waals surface area contributed by atoms with E-state index in [1.165, 1.54) is 11.3 Å². The lowest BCUT2D eigenvalue weighted by atomic mass is 9.80. The number of aromatic nitrogens is 3. The van der Waals surface area contributed by atoms with Crippen molar-refractivity contribution in [2.24, 2.45) is 5.92 Å². The van der Waals surface area contributed by atoms with Crippen molar-refractivity contribution in [3.8, 4) is 5.69 Å². The molecule has 0 amide bonds. The molecule has 0 radical (unpaired) electrons. The first-order chi connectivity index (χ1) is 13.3. The number of pyridine rings is 1. The Morgan fingerprint density at radius 2 is 1.93 bits per heavy atom. The predicted octanol–water partition coefficient (Wildman–Crippen LogP) is 5.45. The molecule has 3 rings (SSSR count). The van der Waals surface area contributed by atoms with Crippen LogP contribution in [-0.2, 0) is 9.53 Å². The molecule has 0 aromatic carbocycles. The van der Waals surface area contributed by atoms with E-state index >= 15 is 0 Å². The monoisotopic (exact) mass is 495 g/mol. The molecule has 1 saturated carbocycles. The van der Waals surface area contributed by atoms with E-state index in [0.717, 1.165) is 46.5 Å². The Hall–Kier alpha value is -1.44. The van der Waals surface area contributed by atoms with Gasteiger partial charge in [0.05, 0.1) is 23.9 Å². The number of ether oxygens (including phenoxy) is 1. The van der Waals surface area contributed by atoms with E-state index in [9.17, 15) is 4.79 Å². The molecule has 0 spiro atoms. The summed E-state index contributed by atoms with van der Waals surface area (Å²) in [6.07, 6.45) is 3.76. The Bertz CT molecular complexity index is 852. The summed E-state index contributed by atoms with van der Waals surface area (Å²) in [5.74, 6) is 0.885. The van der Waals surface area contributed by atoms with Crippen molar-refractivity contribution >= 4 is 28.6 Å². The summed E-state index contributed by atoms with van der Waals surface area (Å²) in [4.78, 5) is 16.9. The number of esters is 1. The summed E-state index contributed by atoms with van der Waals surface area (Å²) < 4.78 is 8.27. The molecular weight excluding hydrogens is 465 g/mol. The maximum Gasteiger partial charge on any atom is 0.308 e. The van der Waals surface area contributed by atoms with Crippen LogP contribution in [0.1, 0.15) is 80.9 Å². The van der Waals surface area contributed by atoms with Crippen LogP contribution in [0.15, 0.2) is 12.1 Å². The smallest absolute Gasteiger partial charge is 0.308 e.